The number of nitro benzene ring substituents is 1. The number of rotatable bonds is 3. The Balaban J connectivity index is 1.43. The Labute approximate surface area is 237 Å². The lowest BCUT2D eigenvalue weighted by Crippen LogP contribution is -2.36. The molecule has 8 nitrogen and oxygen atoms in total. The second-order valence-corrected chi connectivity index (χ2v) is 11.5. The van der Waals surface area contributed by atoms with Crippen LogP contribution in [0.25, 0.3) is 11.3 Å². The normalized spacial score (nSPS) is 19.1. The molecule has 0 spiro atoms. The topological polar surface area (TPSA) is 119 Å². The van der Waals surface area contributed by atoms with E-state index in [1.165, 1.54) is 29.6 Å². The molecule has 194 valence electrons. The number of para-hydroxylation sites is 2. The largest absolute Gasteiger partial charge is 0.460 e. The Hall–Kier alpha value is -4.72. The van der Waals surface area contributed by atoms with E-state index in [0.717, 1.165) is 31.8 Å². The average molecular weight is 562 g/mol. The molecule has 4 heterocycles. The van der Waals surface area contributed by atoms with Crippen molar-refractivity contribution < 1.29 is 9.34 Å². The van der Waals surface area contributed by atoms with Crippen molar-refractivity contribution >= 4 is 46.4 Å². The fraction of sp³-hybridized carbons (Fsp3) is 0.0667. The number of amidine groups is 1. The molecule has 0 aliphatic carbocycles. The van der Waals surface area contributed by atoms with E-state index in [-0.39, 0.29) is 11.5 Å². The van der Waals surface area contributed by atoms with Gasteiger partial charge in [0.05, 0.1) is 44.5 Å². The van der Waals surface area contributed by atoms with E-state index in [0.29, 0.717) is 33.3 Å². The van der Waals surface area contributed by atoms with Gasteiger partial charge in [0.2, 0.25) is 0 Å². The van der Waals surface area contributed by atoms with Crippen molar-refractivity contribution in [1.29, 1.82) is 10.7 Å². The van der Waals surface area contributed by atoms with Gasteiger partial charge in [0, 0.05) is 21.4 Å². The predicted octanol–water partition coefficient (Wildman–Crippen LogP) is 8.01. The van der Waals surface area contributed by atoms with E-state index in [1.807, 2.05) is 53.4 Å². The molecule has 0 radical (unpaired) electrons. The van der Waals surface area contributed by atoms with E-state index >= 15 is 0 Å². The molecule has 3 aliphatic heterocycles. The summed E-state index contributed by atoms with van der Waals surface area (Å²) in [6, 6.07) is 26.6. The van der Waals surface area contributed by atoms with Crippen LogP contribution in [0.15, 0.2) is 114 Å². The van der Waals surface area contributed by atoms with Gasteiger partial charge in [-0.3, -0.25) is 20.4 Å². The number of nitro groups is 1. The maximum absolute atomic E-state index is 11.8. The molecule has 3 aliphatic rings. The van der Waals surface area contributed by atoms with Crippen LogP contribution in [0, 0.1) is 33.8 Å². The van der Waals surface area contributed by atoms with Crippen molar-refractivity contribution in [2.24, 2.45) is 0 Å². The van der Waals surface area contributed by atoms with Crippen LogP contribution in [0.2, 0.25) is 0 Å². The zero-order valence-electron chi connectivity index (χ0n) is 21.0. The minimum atomic E-state index is -0.687. The number of benzene rings is 3. The number of nitriles is 1. The number of fused-ring (bicyclic) bond motifs is 4. The number of allylic oxidation sites excluding steroid dienone is 1. The number of anilines is 2. The highest BCUT2D eigenvalue weighted by molar-refractivity contribution is 8.04. The fourth-order valence-electron chi connectivity index (χ4n) is 5.24. The predicted molar refractivity (Wildman–Crippen MR) is 156 cm³/mol. The highest BCUT2D eigenvalue weighted by atomic mass is 32.2. The molecule has 0 fully saturated rings. The molecule has 3 aromatic carbocycles. The summed E-state index contributed by atoms with van der Waals surface area (Å²) in [5, 5.41) is 36.7. The maximum Gasteiger partial charge on any atom is 0.280 e. The summed E-state index contributed by atoms with van der Waals surface area (Å²) in [5.41, 5.74) is 3.93. The third kappa shape index (κ3) is 3.66. The standard InChI is InChI=1S/C30H19N5O3S2/c1-16-10-11-17(21(14-16)35(36)37)22-12-13-23(38-22)26-18(15-31)30-34(20-7-3-5-9-25(20)40-30)28(32)27(26)29-33-19-6-2-4-8-24(19)39-29/h2-14,26,32-33H,1H3/b29-27+,32-28?. The highest BCUT2D eigenvalue weighted by Crippen LogP contribution is 2.56. The Morgan fingerprint density at radius 1 is 1.05 bits per heavy atom. The molecule has 10 heteroatoms. The molecule has 0 amide bonds. The van der Waals surface area contributed by atoms with Crippen molar-refractivity contribution in [2.45, 2.75) is 22.6 Å². The molecule has 0 bridgehead atoms. The van der Waals surface area contributed by atoms with Crippen LogP contribution >= 0.6 is 23.5 Å². The summed E-state index contributed by atoms with van der Waals surface area (Å²) in [6.45, 7) is 1.80. The first-order valence-electron chi connectivity index (χ1n) is 12.4. The quantitative estimate of drug-likeness (QED) is 0.191. The lowest BCUT2D eigenvalue weighted by molar-refractivity contribution is -0.384. The summed E-state index contributed by atoms with van der Waals surface area (Å²) in [6.07, 6.45) is 0. The van der Waals surface area contributed by atoms with Gasteiger partial charge in [-0.15, -0.1) is 0 Å². The summed E-state index contributed by atoms with van der Waals surface area (Å²) in [4.78, 5) is 15.2. The van der Waals surface area contributed by atoms with Crippen LogP contribution < -0.4 is 10.2 Å². The van der Waals surface area contributed by atoms with Crippen molar-refractivity contribution in [1.82, 2.24) is 0 Å². The van der Waals surface area contributed by atoms with E-state index < -0.39 is 10.8 Å². The third-order valence-electron chi connectivity index (χ3n) is 7.04. The van der Waals surface area contributed by atoms with E-state index in [2.05, 4.69) is 11.4 Å². The van der Waals surface area contributed by atoms with Gasteiger partial charge in [-0.2, -0.15) is 5.26 Å². The van der Waals surface area contributed by atoms with Gasteiger partial charge in [0.15, 0.2) is 0 Å². The van der Waals surface area contributed by atoms with E-state index in [4.69, 9.17) is 4.42 Å². The van der Waals surface area contributed by atoms with Crippen molar-refractivity contribution in [3.8, 4) is 17.4 Å². The molecule has 1 atom stereocenters. The molecular formula is C30H19N5O3S2. The fourth-order valence-corrected chi connectivity index (χ4v) is 7.49. The van der Waals surface area contributed by atoms with E-state index in [9.17, 15) is 20.8 Å². The van der Waals surface area contributed by atoms with Gasteiger partial charge >= 0.3 is 0 Å². The van der Waals surface area contributed by atoms with Gasteiger partial charge in [0.1, 0.15) is 22.4 Å². The van der Waals surface area contributed by atoms with Crippen LogP contribution in [0.5, 0.6) is 0 Å². The Morgan fingerprint density at radius 2 is 1.82 bits per heavy atom. The van der Waals surface area contributed by atoms with Crippen LogP contribution in [0.4, 0.5) is 17.1 Å². The maximum atomic E-state index is 11.8. The number of thioether (sulfide) groups is 2. The number of hydrogen-bond acceptors (Lipinski definition) is 8. The van der Waals surface area contributed by atoms with Gasteiger partial charge < -0.3 is 9.73 Å². The minimum Gasteiger partial charge on any atom is -0.460 e. The first-order chi connectivity index (χ1) is 19.4. The molecule has 2 N–H and O–H groups in total. The van der Waals surface area contributed by atoms with Crippen molar-refractivity contribution in [2.75, 3.05) is 10.2 Å². The highest BCUT2D eigenvalue weighted by Gasteiger charge is 2.45. The summed E-state index contributed by atoms with van der Waals surface area (Å²) < 4.78 is 6.33. The minimum absolute atomic E-state index is 0.0498. The Kier molecular flexibility index (Phi) is 5.59. The van der Waals surface area contributed by atoms with Crippen LogP contribution in [0.3, 0.4) is 0 Å². The second-order valence-electron chi connectivity index (χ2n) is 9.46. The first kappa shape index (κ1) is 24.3. The lowest BCUT2D eigenvalue weighted by atomic mass is 9.86. The number of aryl methyl sites for hydroxylation is 1. The molecule has 1 unspecified atom stereocenters. The molecule has 1 aromatic heterocycles. The average Bonchev–Trinajstić information content (AvgIpc) is 3.69. The number of furan rings is 1. The summed E-state index contributed by atoms with van der Waals surface area (Å²) >= 11 is 2.97. The Bertz CT molecular complexity index is 1860. The third-order valence-corrected chi connectivity index (χ3v) is 9.30. The van der Waals surface area contributed by atoms with Crippen LogP contribution in [-0.2, 0) is 0 Å². The summed E-state index contributed by atoms with van der Waals surface area (Å²) in [5.74, 6) is 0.336. The lowest BCUT2D eigenvalue weighted by Gasteiger charge is -2.33. The van der Waals surface area contributed by atoms with Gasteiger partial charge in [0.25, 0.3) is 5.69 Å². The van der Waals surface area contributed by atoms with Gasteiger partial charge in [-0.05, 0) is 55.0 Å². The number of nitrogens with zero attached hydrogens (tertiary/aromatic N) is 3. The SMILES string of the molecule is Cc1ccc(-c2ccc(C3C(C#N)=C4Sc5ccccc5N4C(=N)/C3=C3\Nc4ccccc4S3)o2)c([N+](=O)[O-])c1. The molecule has 0 saturated carbocycles. The molecule has 4 aromatic rings. The second kappa shape index (κ2) is 9.19. The van der Waals surface area contributed by atoms with Crippen molar-refractivity contribution in [3.05, 3.63) is 122 Å². The van der Waals surface area contributed by atoms with Gasteiger partial charge in [-0.25, -0.2) is 0 Å². The summed E-state index contributed by atoms with van der Waals surface area (Å²) in [7, 11) is 0. The zero-order chi connectivity index (χ0) is 27.5. The zero-order valence-corrected chi connectivity index (χ0v) is 22.6. The Morgan fingerprint density at radius 3 is 2.60 bits per heavy atom. The monoisotopic (exact) mass is 561 g/mol. The van der Waals surface area contributed by atoms with Crippen LogP contribution in [0.1, 0.15) is 17.2 Å². The van der Waals surface area contributed by atoms with Crippen LogP contribution in [-0.4, -0.2) is 10.8 Å². The van der Waals surface area contributed by atoms with E-state index in [1.54, 1.807) is 31.2 Å². The molecule has 7 rings (SSSR count). The molecular weight excluding hydrogens is 542 g/mol. The van der Waals surface area contributed by atoms with Gasteiger partial charge in [-0.1, -0.05) is 53.9 Å². The number of hydrogen-bond donors (Lipinski definition) is 2. The van der Waals surface area contributed by atoms with Crippen molar-refractivity contribution in [3.63, 3.8) is 0 Å². The first-order valence-corrected chi connectivity index (χ1v) is 14.0. The molecule has 40 heavy (non-hydrogen) atoms. The molecule has 0 saturated heterocycles. The number of nitrogens with one attached hydrogen (secondary N) is 2. The smallest absolute Gasteiger partial charge is 0.280 e.